The molecule has 0 radical (unpaired) electrons. The van der Waals surface area contributed by atoms with Crippen LogP contribution in [0.3, 0.4) is 0 Å². The molecule has 0 saturated heterocycles. The number of hydrogen-bond acceptors (Lipinski definition) is 3. The third-order valence-electron chi connectivity index (χ3n) is 3.87. The molecule has 0 spiro atoms. The van der Waals surface area contributed by atoms with E-state index in [4.69, 9.17) is 0 Å². The maximum atomic E-state index is 12.5. The Bertz CT molecular complexity index is 880. The van der Waals surface area contributed by atoms with Gasteiger partial charge in [0, 0.05) is 17.1 Å². The fourth-order valence-corrected chi connectivity index (χ4v) is 2.48. The number of pyridine rings is 1. The number of amides is 1. The van der Waals surface area contributed by atoms with E-state index in [1.165, 1.54) is 0 Å². The van der Waals surface area contributed by atoms with Crippen molar-refractivity contribution in [3.63, 3.8) is 0 Å². The number of carbonyl (C=O) groups excluding carboxylic acids is 1. The van der Waals surface area contributed by atoms with Crippen molar-refractivity contribution in [1.82, 2.24) is 15.2 Å². The zero-order valence-corrected chi connectivity index (χ0v) is 13.8. The van der Waals surface area contributed by atoms with Crippen LogP contribution in [0.1, 0.15) is 47.1 Å². The first-order valence-electron chi connectivity index (χ1n) is 7.68. The van der Waals surface area contributed by atoms with Crippen LogP contribution in [0.15, 0.2) is 30.3 Å². The van der Waals surface area contributed by atoms with Gasteiger partial charge >= 0.3 is 0 Å². The Morgan fingerprint density at radius 3 is 2.65 bits per heavy atom. The molecule has 3 rings (SSSR count). The van der Waals surface area contributed by atoms with Crippen molar-refractivity contribution in [1.29, 1.82) is 0 Å². The third-order valence-corrected chi connectivity index (χ3v) is 3.87. The van der Waals surface area contributed by atoms with Gasteiger partial charge in [0.15, 0.2) is 5.82 Å². The lowest BCUT2D eigenvalue weighted by molar-refractivity contribution is 0.102. The van der Waals surface area contributed by atoms with Crippen LogP contribution < -0.4 is 5.32 Å². The average Bonchev–Trinajstić information content (AvgIpc) is 2.95. The van der Waals surface area contributed by atoms with Crippen molar-refractivity contribution in [3.05, 3.63) is 52.8 Å². The molecule has 2 N–H and O–H groups in total. The van der Waals surface area contributed by atoms with Crippen LogP contribution in [0.2, 0.25) is 0 Å². The van der Waals surface area contributed by atoms with Gasteiger partial charge in [-0.1, -0.05) is 26.0 Å². The third kappa shape index (κ3) is 3.08. The summed E-state index contributed by atoms with van der Waals surface area (Å²) < 4.78 is 0. The van der Waals surface area contributed by atoms with E-state index < -0.39 is 0 Å². The van der Waals surface area contributed by atoms with Gasteiger partial charge in [-0.3, -0.25) is 14.9 Å². The Kier molecular flexibility index (Phi) is 3.86. The summed E-state index contributed by atoms with van der Waals surface area (Å²) in [5.41, 5.74) is 4.32. The zero-order valence-electron chi connectivity index (χ0n) is 13.8. The maximum Gasteiger partial charge on any atom is 0.258 e. The summed E-state index contributed by atoms with van der Waals surface area (Å²) in [5, 5.41) is 10.8. The van der Waals surface area contributed by atoms with Gasteiger partial charge in [0.2, 0.25) is 0 Å². The topological polar surface area (TPSA) is 70.7 Å². The average molecular weight is 308 g/mol. The lowest BCUT2D eigenvalue weighted by Crippen LogP contribution is -2.14. The first-order chi connectivity index (χ1) is 10.9. The second kappa shape index (κ2) is 5.83. The van der Waals surface area contributed by atoms with E-state index in [9.17, 15) is 4.79 Å². The first kappa shape index (κ1) is 15.2. The van der Waals surface area contributed by atoms with Crippen LogP contribution in [0.5, 0.6) is 0 Å². The molecule has 3 aromatic rings. The lowest BCUT2D eigenvalue weighted by Gasteiger charge is -2.07. The fraction of sp³-hybridized carbons (Fsp3) is 0.278. The lowest BCUT2D eigenvalue weighted by atomic mass is 10.1. The monoisotopic (exact) mass is 308 g/mol. The minimum atomic E-state index is -0.195. The second-order valence-electron chi connectivity index (χ2n) is 6.13. The summed E-state index contributed by atoms with van der Waals surface area (Å²) in [6.45, 7) is 8.01. The molecule has 5 heteroatoms. The summed E-state index contributed by atoms with van der Waals surface area (Å²) in [5.74, 6) is 0.668. The first-order valence-corrected chi connectivity index (χ1v) is 7.68. The molecule has 2 aromatic heterocycles. The number of nitrogens with one attached hydrogen (secondary N) is 2. The second-order valence-corrected chi connectivity index (χ2v) is 6.13. The molecule has 0 bridgehead atoms. The SMILES string of the molecule is Cc1ccc2cc(C(=O)Nc3cc(C(C)C)[nH]n3)c(C)nc2c1. The van der Waals surface area contributed by atoms with Gasteiger partial charge < -0.3 is 5.32 Å². The summed E-state index contributed by atoms with van der Waals surface area (Å²) in [7, 11) is 0. The number of H-pyrrole nitrogens is 1. The largest absolute Gasteiger partial charge is 0.305 e. The molecule has 23 heavy (non-hydrogen) atoms. The van der Waals surface area contributed by atoms with E-state index >= 15 is 0 Å². The van der Waals surface area contributed by atoms with E-state index in [2.05, 4.69) is 34.3 Å². The summed E-state index contributed by atoms with van der Waals surface area (Å²) >= 11 is 0. The van der Waals surface area contributed by atoms with Crippen LogP contribution in [-0.2, 0) is 0 Å². The molecule has 1 aromatic carbocycles. The predicted octanol–water partition coefficient (Wildman–Crippen LogP) is 3.95. The van der Waals surface area contributed by atoms with Crippen molar-refractivity contribution in [2.24, 2.45) is 0 Å². The minimum Gasteiger partial charge on any atom is -0.305 e. The molecule has 0 unspecified atom stereocenters. The molecule has 118 valence electrons. The van der Waals surface area contributed by atoms with Crippen molar-refractivity contribution in [2.45, 2.75) is 33.6 Å². The molecule has 0 aliphatic carbocycles. The highest BCUT2D eigenvalue weighted by molar-refractivity contribution is 6.06. The molecule has 5 nitrogen and oxygen atoms in total. The summed E-state index contributed by atoms with van der Waals surface area (Å²) in [6.07, 6.45) is 0. The van der Waals surface area contributed by atoms with E-state index in [0.717, 1.165) is 22.2 Å². The number of rotatable bonds is 3. The number of benzene rings is 1. The fourth-order valence-electron chi connectivity index (χ4n) is 2.48. The van der Waals surface area contributed by atoms with Crippen LogP contribution in [0.4, 0.5) is 5.82 Å². The Hall–Kier alpha value is -2.69. The normalized spacial score (nSPS) is 11.2. The number of fused-ring (bicyclic) bond motifs is 1. The number of aromatic nitrogens is 3. The molecule has 0 fully saturated rings. The highest BCUT2D eigenvalue weighted by Crippen LogP contribution is 2.20. The van der Waals surface area contributed by atoms with Crippen molar-refractivity contribution in [2.75, 3.05) is 5.32 Å². The molecule has 0 aliphatic rings. The Labute approximate surface area is 135 Å². The summed E-state index contributed by atoms with van der Waals surface area (Å²) in [4.78, 5) is 17.1. The molecule has 0 saturated carbocycles. The minimum absolute atomic E-state index is 0.195. The predicted molar refractivity (Wildman–Crippen MR) is 91.8 cm³/mol. The number of anilines is 1. The highest BCUT2D eigenvalue weighted by Gasteiger charge is 2.14. The van der Waals surface area contributed by atoms with Gasteiger partial charge in [0.25, 0.3) is 5.91 Å². The van der Waals surface area contributed by atoms with Gasteiger partial charge in [-0.05, 0) is 37.5 Å². The maximum absolute atomic E-state index is 12.5. The van der Waals surface area contributed by atoms with E-state index in [-0.39, 0.29) is 5.91 Å². The highest BCUT2D eigenvalue weighted by atomic mass is 16.1. The van der Waals surface area contributed by atoms with Gasteiger partial charge in [-0.25, -0.2) is 0 Å². The van der Waals surface area contributed by atoms with E-state index in [0.29, 0.717) is 23.0 Å². The molecule has 2 heterocycles. The van der Waals surface area contributed by atoms with Gasteiger partial charge in [0.1, 0.15) is 0 Å². The summed E-state index contributed by atoms with van der Waals surface area (Å²) in [6, 6.07) is 9.76. The number of hydrogen-bond donors (Lipinski definition) is 2. The van der Waals surface area contributed by atoms with Gasteiger partial charge in [0.05, 0.1) is 16.8 Å². The molecule has 1 amide bonds. The van der Waals surface area contributed by atoms with Crippen LogP contribution in [0.25, 0.3) is 10.9 Å². The Balaban J connectivity index is 1.90. The van der Waals surface area contributed by atoms with E-state index in [1.807, 2.05) is 44.2 Å². The number of aryl methyl sites for hydroxylation is 2. The number of nitrogens with zero attached hydrogens (tertiary/aromatic N) is 2. The van der Waals surface area contributed by atoms with Crippen molar-refractivity contribution >= 4 is 22.6 Å². The van der Waals surface area contributed by atoms with Crippen LogP contribution in [-0.4, -0.2) is 21.1 Å². The Morgan fingerprint density at radius 2 is 1.96 bits per heavy atom. The smallest absolute Gasteiger partial charge is 0.258 e. The molecule has 0 aliphatic heterocycles. The van der Waals surface area contributed by atoms with E-state index in [1.54, 1.807) is 0 Å². The molecular weight excluding hydrogens is 288 g/mol. The quantitative estimate of drug-likeness (QED) is 0.769. The molecular formula is C18H20N4O. The zero-order chi connectivity index (χ0) is 16.6. The Morgan fingerprint density at radius 1 is 1.17 bits per heavy atom. The van der Waals surface area contributed by atoms with Gasteiger partial charge in [-0.2, -0.15) is 5.10 Å². The van der Waals surface area contributed by atoms with Gasteiger partial charge in [-0.15, -0.1) is 0 Å². The molecule has 0 atom stereocenters. The van der Waals surface area contributed by atoms with Crippen LogP contribution >= 0.6 is 0 Å². The van der Waals surface area contributed by atoms with Crippen LogP contribution in [0, 0.1) is 13.8 Å². The standard InChI is InChI=1S/C18H20N4O/c1-10(2)15-9-17(22-21-15)20-18(23)14-8-13-6-5-11(3)7-16(13)19-12(14)4/h5-10H,1-4H3,(H2,20,21,22,23). The van der Waals surface area contributed by atoms with Crippen molar-refractivity contribution < 1.29 is 4.79 Å². The van der Waals surface area contributed by atoms with Crippen molar-refractivity contribution in [3.8, 4) is 0 Å². The number of aromatic amines is 1. The number of carbonyl (C=O) groups is 1.